The smallest absolute Gasteiger partial charge is 0.248 e. The second-order valence-corrected chi connectivity index (χ2v) is 8.40. The predicted octanol–water partition coefficient (Wildman–Crippen LogP) is 1.92. The number of carbonyl (C=O) groups excluding carboxylic acids is 2. The van der Waals surface area contributed by atoms with E-state index in [2.05, 4.69) is 17.1 Å². The number of benzene rings is 1. The molecule has 2 amide bonds. The highest BCUT2D eigenvalue weighted by Crippen LogP contribution is 2.47. The molecule has 0 aromatic heterocycles. The molecule has 3 aliphatic heterocycles. The van der Waals surface area contributed by atoms with Crippen molar-refractivity contribution in [3.8, 4) is 0 Å². The van der Waals surface area contributed by atoms with Gasteiger partial charge in [-0.2, -0.15) is 0 Å². The summed E-state index contributed by atoms with van der Waals surface area (Å²) in [6.07, 6.45) is 1.37. The van der Waals surface area contributed by atoms with Crippen molar-refractivity contribution >= 4 is 35.0 Å². The summed E-state index contributed by atoms with van der Waals surface area (Å²) in [5, 5.41) is 2.98. The molecule has 1 aromatic carbocycles. The van der Waals surface area contributed by atoms with E-state index in [1.165, 1.54) is 0 Å². The summed E-state index contributed by atoms with van der Waals surface area (Å²) in [5.74, 6) is 0.667. The van der Waals surface area contributed by atoms with Crippen molar-refractivity contribution in [1.82, 2.24) is 4.90 Å². The van der Waals surface area contributed by atoms with Crippen LogP contribution in [0.3, 0.4) is 0 Å². The molecule has 0 radical (unpaired) electrons. The lowest BCUT2D eigenvalue weighted by molar-refractivity contribution is -0.135. The molecule has 7 heteroatoms. The third-order valence-corrected chi connectivity index (χ3v) is 6.76. The Morgan fingerprint density at radius 2 is 2.00 bits per heavy atom. The van der Waals surface area contributed by atoms with E-state index in [0.29, 0.717) is 12.2 Å². The zero-order valence-electron chi connectivity index (χ0n) is 14.4. The van der Waals surface area contributed by atoms with Crippen LogP contribution in [0.4, 0.5) is 11.4 Å². The average Bonchev–Trinajstić information content (AvgIpc) is 3.13. The van der Waals surface area contributed by atoms with Gasteiger partial charge in [-0.3, -0.25) is 9.59 Å². The van der Waals surface area contributed by atoms with Gasteiger partial charge in [0.25, 0.3) is 0 Å². The highest BCUT2D eigenvalue weighted by Gasteiger charge is 2.52. The lowest BCUT2D eigenvalue weighted by Crippen LogP contribution is -2.48. The van der Waals surface area contributed by atoms with Crippen molar-refractivity contribution in [2.75, 3.05) is 42.3 Å². The average molecular weight is 361 g/mol. The Kier molecular flexibility index (Phi) is 4.37. The maximum atomic E-state index is 12.7. The van der Waals surface area contributed by atoms with Gasteiger partial charge in [-0.05, 0) is 37.6 Å². The Morgan fingerprint density at radius 3 is 2.72 bits per heavy atom. The van der Waals surface area contributed by atoms with Gasteiger partial charge in [0.2, 0.25) is 11.8 Å². The van der Waals surface area contributed by atoms with Crippen LogP contribution in [0.1, 0.15) is 19.8 Å². The summed E-state index contributed by atoms with van der Waals surface area (Å²) in [6, 6.07) is 7.53. The zero-order valence-corrected chi connectivity index (χ0v) is 15.2. The van der Waals surface area contributed by atoms with Gasteiger partial charge in [0.1, 0.15) is 6.04 Å². The van der Waals surface area contributed by atoms with Crippen molar-refractivity contribution in [3.63, 3.8) is 0 Å². The molecule has 134 valence electrons. The Hall–Kier alpha value is -1.73. The first-order valence-corrected chi connectivity index (χ1v) is 9.75. The van der Waals surface area contributed by atoms with Crippen LogP contribution in [0.25, 0.3) is 0 Å². The van der Waals surface area contributed by atoms with Crippen molar-refractivity contribution in [2.45, 2.75) is 30.7 Å². The van der Waals surface area contributed by atoms with Crippen LogP contribution >= 0.6 is 11.8 Å². The van der Waals surface area contributed by atoms with Crippen molar-refractivity contribution in [2.24, 2.45) is 0 Å². The number of fused-ring (bicyclic) bond motifs is 1. The lowest BCUT2D eigenvalue weighted by atomic mass is 10.2. The van der Waals surface area contributed by atoms with E-state index in [0.717, 1.165) is 44.1 Å². The molecule has 6 nitrogen and oxygen atoms in total. The maximum absolute atomic E-state index is 12.7. The van der Waals surface area contributed by atoms with Gasteiger partial charge in [-0.25, -0.2) is 0 Å². The number of ether oxygens (including phenoxy) is 1. The van der Waals surface area contributed by atoms with E-state index in [1.807, 2.05) is 24.3 Å². The number of hydrogen-bond acceptors (Lipinski definition) is 5. The number of rotatable bonds is 3. The highest BCUT2D eigenvalue weighted by atomic mass is 32.2. The second kappa shape index (κ2) is 6.53. The summed E-state index contributed by atoms with van der Waals surface area (Å²) in [4.78, 5) is 28.7. The molecule has 1 aromatic rings. The Bertz CT molecular complexity index is 675. The van der Waals surface area contributed by atoms with Crippen LogP contribution in [0.5, 0.6) is 0 Å². The van der Waals surface area contributed by atoms with Crippen LogP contribution < -0.4 is 10.2 Å². The summed E-state index contributed by atoms with van der Waals surface area (Å²) in [5.41, 5.74) is 1.91. The Labute approximate surface area is 151 Å². The molecule has 2 atom stereocenters. The zero-order chi connectivity index (χ0) is 17.4. The summed E-state index contributed by atoms with van der Waals surface area (Å²) in [6.45, 7) is 5.34. The van der Waals surface area contributed by atoms with Crippen molar-refractivity contribution in [3.05, 3.63) is 24.3 Å². The standard InChI is InChI=1S/C18H23N3O3S/c1-18-7-6-16(22)21(18)15(12-25-18)17(23)19-13-2-4-14(5-3-13)20-8-10-24-11-9-20/h2-5,15H,6-12H2,1H3,(H,19,23)/t15-,18-/m1/s1. The molecular formula is C18H23N3O3S. The SMILES string of the molecule is C[C@@]12CCC(=O)N1[C@@H](C(=O)Nc1ccc(N3CCOCC3)cc1)CS2. The van der Waals surface area contributed by atoms with Crippen LogP contribution in [0.2, 0.25) is 0 Å². The van der Waals surface area contributed by atoms with Gasteiger partial charge in [-0.15, -0.1) is 11.8 Å². The fourth-order valence-electron chi connectivity index (χ4n) is 3.82. The predicted molar refractivity (Wildman–Crippen MR) is 98.8 cm³/mol. The topological polar surface area (TPSA) is 61.9 Å². The van der Waals surface area contributed by atoms with Crippen LogP contribution in [-0.4, -0.2) is 59.7 Å². The number of anilines is 2. The molecule has 0 saturated carbocycles. The summed E-state index contributed by atoms with van der Waals surface area (Å²) >= 11 is 1.71. The number of hydrogen-bond donors (Lipinski definition) is 1. The van der Waals surface area contributed by atoms with Crippen LogP contribution in [0, 0.1) is 0 Å². The third-order valence-electron chi connectivity index (χ3n) is 5.26. The summed E-state index contributed by atoms with van der Waals surface area (Å²) < 4.78 is 5.37. The number of nitrogens with one attached hydrogen (secondary N) is 1. The number of thioether (sulfide) groups is 1. The summed E-state index contributed by atoms with van der Waals surface area (Å²) in [7, 11) is 0. The molecule has 0 bridgehead atoms. The third kappa shape index (κ3) is 3.11. The van der Waals surface area contributed by atoms with E-state index in [1.54, 1.807) is 16.7 Å². The quantitative estimate of drug-likeness (QED) is 0.891. The molecule has 1 N–H and O–H groups in total. The Morgan fingerprint density at radius 1 is 1.28 bits per heavy atom. The van der Waals surface area contributed by atoms with Gasteiger partial charge in [0.15, 0.2) is 0 Å². The molecule has 3 fully saturated rings. The largest absolute Gasteiger partial charge is 0.378 e. The molecule has 3 aliphatic rings. The fraction of sp³-hybridized carbons (Fsp3) is 0.556. The van der Waals surface area contributed by atoms with Crippen LogP contribution in [-0.2, 0) is 14.3 Å². The van der Waals surface area contributed by atoms with Crippen molar-refractivity contribution < 1.29 is 14.3 Å². The van der Waals surface area contributed by atoms with Gasteiger partial charge in [0, 0.05) is 36.6 Å². The first kappa shape index (κ1) is 16.7. The molecule has 0 unspecified atom stereocenters. The van der Waals surface area contributed by atoms with E-state index >= 15 is 0 Å². The highest BCUT2D eigenvalue weighted by molar-refractivity contribution is 8.01. The fourth-order valence-corrected chi connectivity index (χ4v) is 5.25. The van der Waals surface area contributed by atoms with E-state index < -0.39 is 0 Å². The molecule has 3 saturated heterocycles. The van der Waals surface area contributed by atoms with Gasteiger partial charge in [0.05, 0.1) is 18.1 Å². The van der Waals surface area contributed by atoms with Gasteiger partial charge < -0.3 is 19.9 Å². The van der Waals surface area contributed by atoms with Crippen LogP contribution in [0.15, 0.2) is 24.3 Å². The minimum absolute atomic E-state index is 0.0920. The Balaban J connectivity index is 1.42. The normalized spacial score (nSPS) is 29.0. The number of morpholine rings is 1. The molecular weight excluding hydrogens is 338 g/mol. The van der Waals surface area contributed by atoms with Gasteiger partial charge in [-0.1, -0.05) is 0 Å². The number of nitrogens with zero attached hydrogens (tertiary/aromatic N) is 2. The van der Waals surface area contributed by atoms with Gasteiger partial charge >= 0.3 is 0 Å². The molecule has 0 aliphatic carbocycles. The lowest BCUT2D eigenvalue weighted by Gasteiger charge is -2.30. The minimum atomic E-state index is -0.371. The molecule has 3 heterocycles. The monoisotopic (exact) mass is 361 g/mol. The van der Waals surface area contributed by atoms with E-state index in [-0.39, 0.29) is 22.7 Å². The minimum Gasteiger partial charge on any atom is -0.378 e. The molecule has 0 spiro atoms. The number of amides is 2. The van der Waals surface area contributed by atoms with E-state index in [4.69, 9.17) is 4.74 Å². The van der Waals surface area contributed by atoms with E-state index in [9.17, 15) is 9.59 Å². The first-order valence-electron chi connectivity index (χ1n) is 8.77. The van der Waals surface area contributed by atoms with Crippen molar-refractivity contribution in [1.29, 1.82) is 0 Å². The number of carbonyl (C=O) groups is 2. The molecule has 4 rings (SSSR count). The second-order valence-electron chi connectivity index (χ2n) is 6.90. The maximum Gasteiger partial charge on any atom is 0.248 e. The molecule has 25 heavy (non-hydrogen) atoms. The first-order chi connectivity index (χ1) is 12.1.